The van der Waals surface area contributed by atoms with Crippen LogP contribution in [0.25, 0.3) is 0 Å². The number of nitrogens with one attached hydrogen (secondary N) is 3. The van der Waals surface area contributed by atoms with E-state index in [9.17, 15) is 18.0 Å². The summed E-state index contributed by atoms with van der Waals surface area (Å²) in [5.41, 5.74) is 0.838. The van der Waals surface area contributed by atoms with Gasteiger partial charge in [0.15, 0.2) is 0 Å². The summed E-state index contributed by atoms with van der Waals surface area (Å²) >= 11 is 5.06. The molecule has 1 radical (unpaired) electrons. The summed E-state index contributed by atoms with van der Waals surface area (Å²) in [6.45, 7) is 4.65. The molecule has 0 aromatic heterocycles. The molecular formula is C21H24F3N3OPrS-2. The Balaban J connectivity index is 0.00000420. The van der Waals surface area contributed by atoms with E-state index >= 15 is 0 Å². The van der Waals surface area contributed by atoms with Gasteiger partial charge in [0.1, 0.15) is 11.0 Å². The van der Waals surface area contributed by atoms with Crippen molar-refractivity contribution in [1.29, 1.82) is 0 Å². The number of rotatable bonds is 6. The molecule has 30 heavy (non-hydrogen) atoms. The molecule has 0 unspecified atom stereocenters. The maximum Gasteiger partial charge on any atom is 0.416 e. The maximum absolute atomic E-state index is 12.9. The first-order valence-electron chi connectivity index (χ1n) is 8.64. The Hall–Kier alpha value is -1.38. The summed E-state index contributed by atoms with van der Waals surface area (Å²) in [5.74, 6) is -0.389. The fourth-order valence-electron chi connectivity index (χ4n) is 2.64. The molecule has 2 aromatic rings. The Morgan fingerprint density at radius 1 is 1.17 bits per heavy atom. The first-order valence-corrected chi connectivity index (χ1v) is 9.05. The van der Waals surface area contributed by atoms with Crippen LogP contribution in [0.1, 0.15) is 36.1 Å². The molecule has 4 nitrogen and oxygen atoms in total. The van der Waals surface area contributed by atoms with Crippen molar-refractivity contribution in [1.82, 2.24) is 10.6 Å². The zero-order valence-electron chi connectivity index (χ0n) is 17.0. The number of thiocarbonyl (C=S) groups is 1. The summed E-state index contributed by atoms with van der Waals surface area (Å²) in [7, 11) is 0. The summed E-state index contributed by atoms with van der Waals surface area (Å²) in [6.07, 6.45) is -3.74. The molecule has 0 spiro atoms. The maximum atomic E-state index is 12.9. The quantitative estimate of drug-likeness (QED) is 0.335. The number of benzene rings is 2. The Morgan fingerprint density at radius 3 is 2.37 bits per heavy atom. The van der Waals surface area contributed by atoms with E-state index in [4.69, 9.17) is 12.2 Å². The molecule has 2 aromatic carbocycles. The zero-order chi connectivity index (χ0) is 20.7. The molecule has 9 heteroatoms. The number of aryl methyl sites for hydroxylation is 1. The van der Waals surface area contributed by atoms with E-state index in [1.54, 1.807) is 6.92 Å². The summed E-state index contributed by atoms with van der Waals surface area (Å²) in [6, 6.07) is 12.9. The number of amides is 1. The van der Waals surface area contributed by atoms with Gasteiger partial charge >= 0.3 is 6.18 Å². The molecular weight excluding hydrogens is 540 g/mol. The Morgan fingerprint density at radius 2 is 1.80 bits per heavy atom. The number of hydrogen-bond acceptors (Lipinski definition) is 2. The van der Waals surface area contributed by atoms with Crippen molar-refractivity contribution in [3.8, 4) is 0 Å². The van der Waals surface area contributed by atoms with Crippen LogP contribution < -0.4 is 16.0 Å². The Labute approximate surface area is 214 Å². The van der Waals surface area contributed by atoms with Crippen LogP contribution in [0.5, 0.6) is 0 Å². The molecule has 0 aliphatic carbocycles. The van der Waals surface area contributed by atoms with E-state index < -0.39 is 11.7 Å². The molecule has 3 N–H and O–H groups in total. The summed E-state index contributed by atoms with van der Waals surface area (Å²) in [5, 5.41) is 8.11. The largest absolute Gasteiger partial charge is 0.488 e. The van der Waals surface area contributed by atoms with Gasteiger partial charge in [-0.25, -0.2) is 6.54 Å². The third-order valence-electron chi connectivity index (χ3n) is 3.92. The van der Waals surface area contributed by atoms with E-state index in [2.05, 4.69) is 16.0 Å². The van der Waals surface area contributed by atoms with Crippen LogP contribution in [0.4, 0.5) is 18.9 Å². The van der Waals surface area contributed by atoms with Crippen molar-refractivity contribution in [2.75, 3.05) is 5.32 Å². The first kappa shape index (κ1) is 28.6. The molecule has 161 valence electrons. The van der Waals surface area contributed by atoms with E-state index in [0.29, 0.717) is 12.0 Å². The van der Waals surface area contributed by atoms with Crippen LogP contribution in [0.3, 0.4) is 0 Å². The third kappa shape index (κ3) is 9.19. The molecule has 0 fully saturated rings. The topological polar surface area (TPSA) is 53.2 Å². The number of carbonyl (C=O) groups excluding carboxylic acids is 1. The predicted molar refractivity (Wildman–Crippen MR) is 114 cm³/mol. The molecule has 1 amide bonds. The van der Waals surface area contributed by atoms with Crippen molar-refractivity contribution < 1.29 is 59.3 Å². The van der Waals surface area contributed by atoms with Crippen molar-refractivity contribution in [2.24, 2.45) is 0 Å². The van der Waals surface area contributed by atoms with Crippen molar-refractivity contribution in [2.45, 2.75) is 32.5 Å². The van der Waals surface area contributed by atoms with Gasteiger partial charge in [-0.15, -0.1) is 0 Å². The SMILES string of the molecule is CC[C@@H](NC(=O)[CH-]NC(=S)Nc1cc(C)cc(C(F)(F)F)c1)c1ccccc1.[CH3-].[Pr]. The van der Waals surface area contributed by atoms with Gasteiger partial charge in [-0.1, -0.05) is 37.3 Å². The van der Waals surface area contributed by atoms with E-state index in [1.165, 1.54) is 6.07 Å². The van der Waals surface area contributed by atoms with Gasteiger partial charge in [0.2, 0.25) is 0 Å². The second-order valence-corrected chi connectivity index (χ2v) is 6.62. The van der Waals surface area contributed by atoms with Gasteiger partial charge < -0.3 is 28.2 Å². The Bertz CT molecular complexity index is 832. The van der Waals surface area contributed by atoms with Crippen LogP contribution in [-0.4, -0.2) is 11.0 Å². The molecule has 2 rings (SSSR count). The normalized spacial score (nSPS) is 11.2. The van der Waals surface area contributed by atoms with Crippen molar-refractivity contribution in [3.05, 3.63) is 79.2 Å². The van der Waals surface area contributed by atoms with Crippen LogP contribution in [0, 0.1) is 62.2 Å². The van der Waals surface area contributed by atoms with Gasteiger partial charge in [-0.05, 0) is 54.9 Å². The van der Waals surface area contributed by atoms with E-state index in [0.717, 1.165) is 24.2 Å². The standard InChI is InChI=1S/C20H21F3N3OS.CH3.Pr/c1-3-17(14-7-5-4-6-8-14)26-18(27)12-24-19(28)25-16-10-13(2)9-15(11-16)20(21,22)23;;/h4-12,17H,3H2,1-2H3,(H,26,27)(H2,24,25,28);1H3;/q2*-1;/t17-;;/m1../s1. The van der Waals surface area contributed by atoms with Gasteiger partial charge in [-0.2, -0.15) is 13.2 Å². The van der Waals surface area contributed by atoms with Gasteiger partial charge in [-0.3, -0.25) is 0 Å². The molecule has 0 saturated heterocycles. The molecule has 0 bridgehead atoms. The minimum Gasteiger partial charge on any atom is -0.488 e. The number of hydrogen-bond donors (Lipinski definition) is 3. The molecule has 0 aliphatic rings. The minimum absolute atomic E-state index is 0. The second-order valence-electron chi connectivity index (χ2n) is 6.21. The molecule has 0 saturated carbocycles. The van der Waals surface area contributed by atoms with Gasteiger partial charge in [0.25, 0.3) is 0 Å². The number of alkyl halides is 3. The minimum atomic E-state index is -4.45. The predicted octanol–water partition coefficient (Wildman–Crippen LogP) is 5.18. The van der Waals surface area contributed by atoms with Crippen molar-refractivity contribution in [3.63, 3.8) is 0 Å². The molecule has 1 atom stereocenters. The van der Waals surface area contributed by atoms with Crippen LogP contribution in [0.15, 0.2) is 48.5 Å². The second kappa shape index (κ2) is 13.1. The van der Waals surface area contributed by atoms with Crippen molar-refractivity contribution >= 4 is 28.9 Å². The monoisotopic (exact) mass is 564 g/mol. The third-order valence-corrected chi connectivity index (χ3v) is 4.14. The number of anilines is 1. The van der Waals surface area contributed by atoms with Crippen LogP contribution in [-0.2, 0) is 11.0 Å². The van der Waals surface area contributed by atoms with E-state index in [1.807, 2.05) is 37.3 Å². The van der Waals surface area contributed by atoms with Crippen LogP contribution in [0.2, 0.25) is 0 Å². The number of carbonyl (C=O) groups is 1. The van der Waals surface area contributed by atoms with Gasteiger partial charge in [0, 0.05) is 47.0 Å². The first-order chi connectivity index (χ1) is 13.2. The van der Waals surface area contributed by atoms with Crippen LogP contribution >= 0.6 is 12.2 Å². The smallest absolute Gasteiger partial charge is 0.416 e. The molecule has 0 aliphatic heterocycles. The fraction of sp³-hybridized carbons (Fsp3) is 0.238. The average Bonchev–Trinajstić information content (AvgIpc) is 2.64. The van der Waals surface area contributed by atoms with E-state index in [-0.39, 0.29) is 71.5 Å². The fourth-order valence-corrected chi connectivity index (χ4v) is 2.81. The Kier molecular flexibility index (Phi) is 12.5. The summed E-state index contributed by atoms with van der Waals surface area (Å²) < 4.78 is 38.7. The number of halogens is 3. The zero-order valence-corrected chi connectivity index (χ0v) is 21.5. The van der Waals surface area contributed by atoms with Gasteiger partial charge in [0.05, 0.1) is 11.6 Å². The summed E-state index contributed by atoms with van der Waals surface area (Å²) in [4.78, 5) is 12.1. The average molecular weight is 564 g/mol. The molecule has 0 heterocycles.